The number of rotatable bonds is 7. The molecule has 2 rings (SSSR count). The minimum atomic E-state index is -0.340. The van der Waals surface area contributed by atoms with E-state index in [1.165, 1.54) is 0 Å². The molecule has 0 saturated carbocycles. The Kier molecular flexibility index (Phi) is 6.42. The van der Waals surface area contributed by atoms with Gasteiger partial charge >= 0.3 is 0 Å². The molecule has 6 nitrogen and oxygen atoms in total. The van der Waals surface area contributed by atoms with Gasteiger partial charge in [-0.2, -0.15) is 0 Å². The van der Waals surface area contributed by atoms with Crippen LogP contribution in [0.3, 0.4) is 0 Å². The van der Waals surface area contributed by atoms with Crippen LogP contribution in [-0.2, 0) is 9.59 Å². The molecule has 0 unspecified atom stereocenters. The summed E-state index contributed by atoms with van der Waals surface area (Å²) in [6.07, 6.45) is 0.273. The largest absolute Gasteiger partial charge is 0.497 e. The monoisotopic (exact) mass is 347 g/mol. The molecule has 0 spiro atoms. The first-order valence-electron chi connectivity index (χ1n) is 8.72. The highest BCUT2D eigenvalue weighted by Gasteiger charge is 2.44. The van der Waals surface area contributed by atoms with Crippen molar-refractivity contribution in [1.29, 1.82) is 0 Å². The van der Waals surface area contributed by atoms with Crippen molar-refractivity contribution in [2.24, 2.45) is 5.92 Å². The predicted octanol–water partition coefficient (Wildman–Crippen LogP) is 1.62. The Morgan fingerprint density at radius 1 is 1.20 bits per heavy atom. The molecule has 1 saturated heterocycles. The van der Waals surface area contributed by atoms with Gasteiger partial charge in [-0.3, -0.25) is 9.59 Å². The van der Waals surface area contributed by atoms with E-state index >= 15 is 0 Å². The lowest BCUT2D eigenvalue weighted by Gasteiger charge is -2.30. The molecular formula is C19H29N3O3. The van der Waals surface area contributed by atoms with Gasteiger partial charge in [0.2, 0.25) is 11.8 Å². The van der Waals surface area contributed by atoms with Gasteiger partial charge < -0.3 is 19.4 Å². The Bertz CT molecular complexity index is 600. The van der Waals surface area contributed by atoms with Crippen molar-refractivity contribution in [2.75, 3.05) is 47.9 Å². The molecule has 138 valence electrons. The quantitative estimate of drug-likeness (QED) is 0.752. The molecule has 2 atom stereocenters. The van der Waals surface area contributed by atoms with Crippen LogP contribution >= 0.6 is 0 Å². The lowest BCUT2D eigenvalue weighted by molar-refractivity contribution is -0.135. The molecule has 2 amide bonds. The highest BCUT2D eigenvalue weighted by atomic mass is 16.5. The van der Waals surface area contributed by atoms with Gasteiger partial charge in [0.15, 0.2) is 0 Å². The van der Waals surface area contributed by atoms with Crippen LogP contribution < -0.4 is 4.74 Å². The van der Waals surface area contributed by atoms with Crippen LogP contribution in [0.1, 0.15) is 24.9 Å². The van der Waals surface area contributed by atoms with Gasteiger partial charge in [0.25, 0.3) is 0 Å². The van der Waals surface area contributed by atoms with E-state index in [1.54, 1.807) is 12.0 Å². The number of carbonyl (C=O) groups excluding carboxylic acids is 2. The van der Waals surface area contributed by atoms with Gasteiger partial charge in [0.05, 0.1) is 19.1 Å². The zero-order chi connectivity index (χ0) is 18.6. The van der Waals surface area contributed by atoms with Crippen LogP contribution in [0.4, 0.5) is 0 Å². The first-order chi connectivity index (χ1) is 11.9. The summed E-state index contributed by atoms with van der Waals surface area (Å²) >= 11 is 0. The van der Waals surface area contributed by atoms with Crippen molar-refractivity contribution < 1.29 is 14.3 Å². The van der Waals surface area contributed by atoms with E-state index in [1.807, 2.05) is 62.1 Å². The lowest BCUT2D eigenvalue weighted by atomic mass is 9.92. The molecule has 1 aromatic carbocycles. The summed E-state index contributed by atoms with van der Waals surface area (Å²) in [5.41, 5.74) is 0.979. The molecule has 1 aliphatic heterocycles. The summed E-state index contributed by atoms with van der Waals surface area (Å²) in [5, 5.41) is 0. The first kappa shape index (κ1) is 19.2. The number of ether oxygens (including phenoxy) is 1. The van der Waals surface area contributed by atoms with Crippen molar-refractivity contribution in [2.45, 2.75) is 19.4 Å². The van der Waals surface area contributed by atoms with Crippen LogP contribution in [0.15, 0.2) is 24.3 Å². The number of nitrogens with zero attached hydrogens (tertiary/aromatic N) is 3. The molecule has 6 heteroatoms. The van der Waals surface area contributed by atoms with Gasteiger partial charge in [-0.25, -0.2) is 0 Å². The molecule has 0 radical (unpaired) electrons. The van der Waals surface area contributed by atoms with Crippen LogP contribution in [0.5, 0.6) is 5.75 Å². The number of likely N-dealkylation sites (N-methyl/N-ethyl adjacent to an activating group) is 2. The number of benzene rings is 1. The third-order valence-corrected chi connectivity index (χ3v) is 4.81. The smallest absolute Gasteiger partial charge is 0.228 e. The number of carbonyl (C=O) groups is 2. The average molecular weight is 347 g/mol. The van der Waals surface area contributed by atoms with Crippen LogP contribution in [0.25, 0.3) is 0 Å². The zero-order valence-corrected chi connectivity index (χ0v) is 15.9. The Morgan fingerprint density at radius 3 is 2.36 bits per heavy atom. The summed E-state index contributed by atoms with van der Waals surface area (Å²) < 4.78 is 5.21. The van der Waals surface area contributed by atoms with Gasteiger partial charge in [0, 0.05) is 33.1 Å². The van der Waals surface area contributed by atoms with Crippen molar-refractivity contribution in [1.82, 2.24) is 14.7 Å². The topological polar surface area (TPSA) is 53.1 Å². The van der Waals surface area contributed by atoms with Crippen molar-refractivity contribution in [3.05, 3.63) is 29.8 Å². The highest BCUT2D eigenvalue weighted by molar-refractivity contribution is 5.90. The molecule has 1 fully saturated rings. The summed E-state index contributed by atoms with van der Waals surface area (Å²) in [6, 6.07) is 7.44. The second kappa shape index (κ2) is 8.34. The van der Waals surface area contributed by atoms with E-state index in [9.17, 15) is 9.59 Å². The minimum Gasteiger partial charge on any atom is -0.497 e. The molecule has 0 aliphatic carbocycles. The van der Waals surface area contributed by atoms with Gasteiger partial charge in [-0.05, 0) is 38.7 Å². The van der Waals surface area contributed by atoms with Crippen LogP contribution in [0.2, 0.25) is 0 Å². The molecular weight excluding hydrogens is 318 g/mol. The number of likely N-dealkylation sites (tertiary alicyclic amines) is 1. The Labute approximate surface area is 150 Å². The standard InChI is InChI=1S/C19H29N3O3/c1-6-22-17(23)13-16(19(24)21(4)12-11-20(2)3)18(22)14-7-9-15(25-5)10-8-14/h7-10,16,18H,6,11-13H2,1-5H3/t16-,18+/m1/s1. The van der Waals surface area contributed by atoms with Gasteiger partial charge in [-0.1, -0.05) is 12.1 Å². The average Bonchev–Trinajstić information content (AvgIpc) is 2.95. The number of hydrogen-bond acceptors (Lipinski definition) is 4. The molecule has 1 heterocycles. The SMILES string of the molecule is CCN1C(=O)C[C@@H](C(=O)N(C)CCN(C)C)[C@@H]1c1ccc(OC)cc1. The first-order valence-corrected chi connectivity index (χ1v) is 8.72. The van der Waals surface area contributed by atoms with E-state index in [0.29, 0.717) is 13.1 Å². The fraction of sp³-hybridized carbons (Fsp3) is 0.579. The van der Waals surface area contributed by atoms with Gasteiger partial charge in [0.1, 0.15) is 5.75 Å². The Hall–Kier alpha value is -2.08. The maximum absolute atomic E-state index is 13.0. The second-order valence-corrected chi connectivity index (χ2v) is 6.77. The molecule has 1 aliphatic rings. The van der Waals surface area contributed by atoms with E-state index in [2.05, 4.69) is 0 Å². The fourth-order valence-electron chi connectivity index (χ4n) is 3.34. The van der Waals surface area contributed by atoms with Crippen molar-refractivity contribution >= 4 is 11.8 Å². The Morgan fingerprint density at radius 2 is 1.84 bits per heavy atom. The third kappa shape index (κ3) is 4.31. The van der Waals surface area contributed by atoms with Crippen LogP contribution in [0, 0.1) is 5.92 Å². The van der Waals surface area contributed by atoms with Crippen molar-refractivity contribution in [3.8, 4) is 5.75 Å². The number of methoxy groups -OCH3 is 1. The summed E-state index contributed by atoms with van der Waals surface area (Å²) in [5.74, 6) is 0.504. The van der Waals surface area contributed by atoms with E-state index in [0.717, 1.165) is 17.9 Å². The normalized spacial score (nSPS) is 20.2. The maximum atomic E-state index is 13.0. The van der Waals surface area contributed by atoms with Crippen molar-refractivity contribution in [3.63, 3.8) is 0 Å². The van der Waals surface area contributed by atoms with E-state index in [4.69, 9.17) is 4.74 Å². The molecule has 1 aromatic rings. The minimum absolute atomic E-state index is 0.0342. The predicted molar refractivity (Wildman–Crippen MR) is 97.4 cm³/mol. The highest BCUT2D eigenvalue weighted by Crippen LogP contribution is 2.39. The molecule has 0 bridgehead atoms. The van der Waals surface area contributed by atoms with E-state index in [-0.39, 0.29) is 30.2 Å². The lowest BCUT2D eigenvalue weighted by Crippen LogP contribution is -2.39. The molecule has 0 aromatic heterocycles. The summed E-state index contributed by atoms with van der Waals surface area (Å²) in [4.78, 5) is 31.0. The third-order valence-electron chi connectivity index (χ3n) is 4.81. The maximum Gasteiger partial charge on any atom is 0.228 e. The fourth-order valence-corrected chi connectivity index (χ4v) is 3.34. The zero-order valence-electron chi connectivity index (χ0n) is 15.9. The number of hydrogen-bond donors (Lipinski definition) is 0. The van der Waals surface area contributed by atoms with Gasteiger partial charge in [-0.15, -0.1) is 0 Å². The van der Waals surface area contributed by atoms with E-state index < -0.39 is 0 Å². The van der Waals surface area contributed by atoms with Crippen LogP contribution in [-0.4, -0.2) is 74.4 Å². The summed E-state index contributed by atoms with van der Waals surface area (Å²) in [7, 11) is 7.40. The summed E-state index contributed by atoms with van der Waals surface area (Å²) in [6.45, 7) is 4.00. The molecule has 0 N–H and O–H groups in total. The number of amides is 2. The second-order valence-electron chi connectivity index (χ2n) is 6.77. The Balaban J connectivity index is 2.24. The molecule has 25 heavy (non-hydrogen) atoms.